The Morgan fingerprint density at radius 3 is 2.77 bits per heavy atom. The summed E-state index contributed by atoms with van der Waals surface area (Å²) in [6.07, 6.45) is 1.13. The molecule has 1 heterocycles. The van der Waals surface area contributed by atoms with Gasteiger partial charge in [-0.25, -0.2) is 4.98 Å². The number of carbonyl (C=O) groups excluding carboxylic acids is 1. The molecule has 0 unspecified atom stereocenters. The molecule has 1 amide bonds. The molecular weight excluding hydrogens is 292 g/mol. The van der Waals surface area contributed by atoms with Crippen LogP contribution >= 0.6 is 11.3 Å². The summed E-state index contributed by atoms with van der Waals surface area (Å²) in [7, 11) is 0. The first-order chi connectivity index (χ1) is 10.6. The fourth-order valence-corrected chi connectivity index (χ4v) is 3.38. The van der Waals surface area contributed by atoms with Crippen molar-refractivity contribution in [1.82, 2.24) is 4.98 Å². The van der Waals surface area contributed by atoms with Gasteiger partial charge in [-0.2, -0.15) is 0 Å². The normalized spacial score (nSPS) is 10.8. The number of benzene rings is 2. The number of carbonyl (C=O) groups is 1. The molecule has 3 rings (SSSR count). The average Bonchev–Trinajstić information content (AvgIpc) is 2.91. The molecule has 3 nitrogen and oxygen atoms in total. The Balaban J connectivity index is 1.62. The van der Waals surface area contributed by atoms with E-state index in [9.17, 15) is 4.79 Å². The zero-order chi connectivity index (χ0) is 15.5. The average molecular weight is 310 g/mol. The summed E-state index contributed by atoms with van der Waals surface area (Å²) >= 11 is 1.66. The second-order valence-corrected chi connectivity index (χ2v) is 6.56. The topological polar surface area (TPSA) is 42.0 Å². The molecule has 2 aromatic carbocycles. The summed E-state index contributed by atoms with van der Waals surface area (Å²) in [4.78, 5) is 16.7. The number of aromatic nitrogens is 1. The maximum Gasteiger partial charge on any atom is 0.224 e. The van der Waals surface area contributed by atoms with Gasteiger partial charge in [-0.15, -0.1) is 11.3 Å². The standard InChI is InChI=1S/C18H18N2OS/c1-12-7-8-14(13(2)11-12)19-17(21)9-10-18-20-15-5-3-4-6-16(15)22-18/h3-8,11H,9-10H2,1-2H3,(H,19,21). The highest BCUT2D eigenvalue weighted by Gasteiger charge is 2.08. The molecule has 112 valence electrons. The molecule has 0 bridgehead atoms. The lowest BCUT2D eigenvalue weighted by Gasteiger charge is -2.08. The van der Waals surface area contributed by atoms with Gasteiger partial charge in [0.05, 0.1) is 15.2 Å². The molecule has 0 saturated carbocycles. The summed E-state index contributed by atoms with van der Waals surface area (Å²) in [6.45, 7) is 4.06. The molecule has 22 heavy (non-hydrogen) atoms. The number of rotatable bonds is 4. The third-order valence-electron chi connectivity index (χ3n) is 3.56. The number of fused-ring (bicyclic) bond motifs is 1. The van der Waals surface area contributed by atoms with E-state index in [-0.39, 0.29) is 5.91 Å². The van der Waals surface area contributed by atoms with Gasteiger partial charge < -0.3 is 5.32 Å². The SMILES string of the molecule is Cc1ccc(NC(=O)CCc2nc3ccccc3s2)c(C)c1. The lowest BCUT2D eigenvalue weighted by molar-refractivity contribution is -0.116. The van der Waals surface area contributed by atoms with Crippen LogP contribution in [-0.2, 0) is 11.2 Å². The predicted molar refractivity (Wildman–Crippen MR) is 92.5 cm³/mol. The Morgan fingerprint density at radius 2 is 2.00 bits per heavy atom. The molecule has 1 aromatic heterocycles. The number of para-hydroxylation sites is 1. The Morgan fingerprint density at radius 1 is 1.18 bits per heavy atom. The van der Waals surface area contributed by atoms with Gasteiger partial charge in [-0.05, 0) is 37.6 Å². The molecule has 0 fully saturated rings. The summed E-state index contributed by atoms with van der Waals surface area (Å²) in [5, 5.41) is 3.99. The van der Waals surface area contributed by atoms with Crippen molar-refractivity contribution in [1.29, 1.82) is 0 Å². The quantitative estimate of drug-likeness (QED) is 0.771. The molecule has 0 atom stereocenters. The van der Waals surface area contributed by atoms with Crippen molar-refractivity contribution in [2.24, 2.45) is 0 Å². The van der Waals surface area contributed by atoms with E-state index >= 15 is 0 Å². The number of hydrogen-bond donors (Lipinski definition) is 1. The molecule has 0 aliphatic rings. The van der Waals surface area contributed by atoms with Crippen molar-refractivity contribution in [3.8, 4) is 0 Å². The number of aryl methyl sites for hydroxylation is 3. The molecule has 0 spiro atoms. The highest BCUT2D eigenvalue weighted by atomic mass is 32.1. The second kappa shape index (κ2) is 6.28. The lowest BCUT2D eigenvalue weighted by atomic mass is 10.1. The molecule has 0 aliphatic heterocycles. The van der Waals surface area contributed by atoms with E-state index in [4.69, 9.17) is 0 Å². The molecule has 0 radical (unpaired) electrons. The molecule has 3 aromatic rings. The number of anilines is 1. The summed E-state index contributed by atoms with van der Waals surface area (Å²) < 4.78 is 1.17. The number of amides is 1. The lowest BCUT2D eigenvalue weighted by Crippen LogP contribution is -2.13. The summed E-state index contributed by atoms with van der Waals surface area (Å²) in [6, 6.07) is 14.1. The van der Waals surface area contributed by atoms with Crippen molar-refractivity contribution in [2.75, 3.05) is 5.32 Å². The van der Waals surface area contributed by atoms with E-state index in [0.717, 1.165) is 21.8 Å². The van der Waals surface area contributed by atoms with E-state index in [1.54, 1.807) is 11.3 Å². The van der Waals surface area contributed by atoms with E-state index in [1.165, 1.54) is 10.3 Å². The van der Waals surface area contributed by atoms with Crippen LogP contribution in [0.3, 0.4) is 0 Å². The predicted octanol–water partition coefficient (Wildman–Crippen LogP) is 4.48. The van der Waals surface area contributed by atoms with Crippen molar-refractivity contribution in [2.45, 2.75) is 26.7 Å². The van der Waals surface area contributed by atoms with Gasteiger partial charge in [-0.3, -0.25) is 4.79 Å². The summed E-state index contributed by atoms with van der Waals surface area (Å²) in [5.41, 5.74) is 4.19. The highest BCUT2D eigenvalue weighted by molar-refractivity contribution is 7.18. The minimum Gasteiger partial charge on any atom is -0.326 e. The maximum atomic E-state index is 12.1. The largest absolute Gasteiger partial charge is 0.326 e. The van der Waals surface area contributed by atoms with Crippen LogP contribution in [0.4, 0.5) is 5.69 Å². The molecule has 0 aliphatic carbocycles. The van der Waals surface area contributed by atoms with Crippen LogP contribution in [0.2, 0.25) is 0 Å². The van der Waals surface area contributed by atoms with Crippen molar-refractivity contribution in [3.05, 3.63) is 58.6 Å². The Kier molecular flexibility index (Phi) is 4.20. The van der Waals surface area contributed by atoms with Crippen LogP contribution in [-0.4, -0.2) is 10.9 Å². The summed E-state index contributed by atoms with van der Waals surface area (Å²) in [5.74, 6) is 0.0335. The number of hydrogen-bond acceptors (Lipinski definition) is 3. The van der Waals surface area contributed by atoms with Gasteiger partial charge in [0.1, 0.15) is 0 Å². The van der Waals surface area contributed by atoms with Crippen LogP contribution in [0.5, 0.6) is 0 Å². The monoisotopic (exact) mass is 310 g/mol. The fourth-order valence-electron chi connectivity index (χ4n) is 2.41. The van der Waals surface area contributed by atoms with Gasteiger partial charge in [0.2, 0.25) is 5.91 Å². The highest BCUT2D eigenvalue weighted by Crippen LogP contribution is 2.23. The van der Waals surface area contributed by atoms with Crippen LogP contribution in [0.1, 0.15) is 22.6 Å². The van der Waals surface area contributed by atoms with Gasteiger partial charge in [-0.1, -0.05) is 29.8 Å². The first-order valence-electron chi connectivity index (χ1n) is 7.33. The van der Waals surface area contributed by atoms with E-state index < -0.39 is 0 Å². The fraction of sp³-hybridized carbons (Fsp3) is 0.222. The Hall–Kier alpha value is -2.20. The smallest absolute Gasteiger partial charge is 0.224 e. The molecule has 4 heteroatoms. The van der Waals surface area contributed by atoms with Gasteiger partial charge in [0, 0.05) is 18.5 Å². The number of nitrogens with zero attached hydrogens (tertiary/aromatic N) is 1. The van der Waals surface area contributed by atoms with Crippen LogP contribution < -0.4 is 5.32 Å². The first-order valence-corrected chi connectivity index (χ1v) is 8.15. The van der Waals surface area contributed by atoms with Gasteiger partial charge >= 0.3 is 0 Å². The Bertz CT molecular complexity index is 790. The zero-order valence-corrected chi connectivity index (χ0v) is 13.5. The number of nitrogens with one attached hydrogen (secondary N) is 1. The Labute approximate surface area is 134 Å². The van der Waals surface area contributed by atoms with E-state index in [1.807, 2.05) is 44.2 Å². The maximum absolute atomic E-state index is 12.1. The van der Waals surface area contributed by atoms with E-state index in [0.29, 0.717) is 12.8 Å². The molecular formula is C18H18N2OS. The van der Waals surface area contributed by atoms with Gasteiger partial charge in [0.25, 0.3) is 0 Å². The van der Waals surface area contributed by atoms with Crippen molar-refractivity contribution in [3.63, 3.8) is 0 Å². The second-order valence-electron chi connectivity index (χ2n) is 5.44. The van der Waals surface area contributed by atoms with Crippen molar-refractivity contribution >= 4 is 33.1 Å². The minimum atomic E-state index is 0.0335. The van der Waals surface area contributed by atoms with Crippen LogP contribution in [0.15, 0.2) is 42.5 Å². The third kappa shape index (κ3) is 3.34. The van der Waals surface area contributed by atoms with E-state index in [2.05, 4.69) is 22.4 Å². The molecule has 0 saturated heterocycles. The van der Waals surface area contributed by atoms with Crippen LogP contribution in [0.25, 0.3) is 10.2 Å². The zero-order valence-electron chi connectivity index (χ0n) is 12.7. The first kappa shape index (κ1) is 14.7. The van der Waals surface area contributed by atoms with Crippen LogP contribution in [0, 0.1) is 13.8 Å². The van der Waals surface area contributed by atoms with Gasteiger partial charge in [0.15, 0.2) is 0 Å². The minimum absolute atomic E-state index is 0.0335. The third-order valence-corrected chi connectivity index (χ3v) is 4.66. The van der Waals surface area contributed by atoms with Crippen molar-refractivity contribution < 1.29 is 4.79 Å². The molecule has 1 N–H and O–H groups in total. The number of thiazole rings is 1.